The number of rotatable bonds is 6. The summed E-state index contributed by atoms with van der Waals surface area (Å²) >= 11 is 0. The molecule has 5 nitrogen and oxygen atoms in total. The van der Waals surface area contributed by atoms with Crippen molar-refractivity contribution in [2.45, 2.75) is 45.6 Å². The Kier molecular flexibility index (Phi) is 3.90. The van der Waals surface area contributed by atoms with E-state index in [1.54, 1.807) is 6.33 Å². The standard InChI is InChI=1S/C16H23N5/c1-12-9-13(2)21(19-12)8-4-7-20(3)16-10-15(14-5-6-14)17-11-18-16/h9-11,14H,4-8H2,1-3H3. The van der Waals surface area contributed by atoms with E-state index in [-0.39, 0.29) is 0 Å². The molecule has 0 N–H and O–H groups in total. The molecular weight excluding hydrogens is 262 g/mol. The first-order valence-corrected chi connectivity index (χ1v) is 7.67. The Hall–Kier alpha value is -1.91. The minimum Gasteiger partial charge on any atom is -0.360 e. The van der Waals surface area contributed by atoms with E-state index in [0.29, 0.717) is 5.92 Å². The van der Waals surface area contributed by atoms with Gasteiger partial charge in [-0.25, -0.2) is 9.97 Å². The fraction of sp³-hybridized carbons (Fsp3) is 0.562. The molecule has 2 heterocycles. The SMILES string of the molecule is Cc1cc(C)n(CCCN(C)c2cc(C3CC3)ncn2)n1. The molecule has 112 valence electrons. The lowest BCUT2D eigenvalue weighted by Crippen LogP contribution is -2.21. The molecule has 2 aromatic rings. The molecule has 0 unspecified atom stereocenters. The third-order valence-corrected chi connectivity index (χ3v) is 4.03. The normalized spacial score (nSPS) is 14.4. The predicted octanol–water partition coefficient (Wildman–Crippen LogP) is 2.69. The lowest BCUT2D eigenvalue weighted by molar-refractivity contribution is 0.561. The highest BCUT2D eigenvalue weighted by molar-refractivity contribution is 5.39. The average Bonchev–Trinajstić information content (AvgIpc) is 3.26. The van der Waals surface area contributed by atoms with Crippen molar-refractivity contribution in [3.63, 3.8) is 0 Å². The van der Waals surface area contributed by atoms with Crippen molar-refractivity contribution in [1.29, 1.82) is 0 Å². The summed E-state index contributed by atoms with van der Waals surface area (Å²) < 4.78 is 2.08. The van der Waals surface area contributed by atoms with Crippen LogP contribution in [0.3, 0.4) is 0 Å². The summed E-state index contributed by atoms with van der Waals surface area (Å²) in [6, 6.07) is 4.26. The Morgan fingerprint density at radius 3 is 2.71 bits per heavy atom. The van der Waals surface area contributed by atoms with E-state index in [2.05, 4.69) is 50.8 Å². The first-order chi connectivity index (χ1) is 10.1. The molecule has 1 fully saturated rings. The van der Waals surface area contributed by atoms with Gasteiger partial charge in [-0.15, -0.1) is 0 Å². The lowest BCUT2D eigenvalue weighted by Gasteiger charge is -2.18. The summed E-state index contributed by atoms with van der Waals surface area (Å²) in [5.74, 6) is 1.70. The third kappa shape index (κ3) is 3.40. The third-order valence-electron chi connectivity index (χ3n) is 4.03. The summed E-state index contributed by atoms with van der Waals surface area (Å²) in [7, 11) is 2.10. The maximum absolute atomic E-state index is 4.50. The maximum atomic E-state index is 4.50. The van der Waals surface area contributed by atoms with Crippen LogP contribution in [0.25, 0.3) is 0 Å². The van der Waals surface area contributed by atoms with Gasteiger partial charge in [-0.05, 0) is 39.2 Å². The second-order valence-corrected chi connectivity index (χ2v) is 6.00. The maximum Gasteiger partial charge on any atom is 0.131 e. The second-order valence-electron chi connectivity index (χ2n) is 6.00. The van der Waals surface area contributed by atoms with Crippen molar-refractivity contribution < 1.29 is 0 Å². The Bertz CT molecular complexity index is 615. The summed E-state index contributed by atoms with van der Waals surface area (Å²) in [6.45, 7) is 6.07. The van der Waals surface area contributed by atoms with Crippen LogP contribution in [0.5, 0.6) is 0 Å². The molecule has 1 aliphatic rings. The minimum atomic E-state index is 0.676. The van der Waals surface area contributed by atoms with E-state index in [0.717, 1.165) is 31.0 Å². The monoisotopic (exact) mass is 285 g/mol. The number of nitrogens with zero attached hydrogens (tertiary/aromatic N) is 5. The van der Waals surface area contributed by atoms with Crippen LogP contribution in [0.2, 0.25) is 0 Å². The number of hydrogen-bond donors (Lipinski definition) is 0. The average molecular weight is 285 g/mol. The molecule has 5 heteroatoms. The molecule has 0 amide bonds. The Labute approximate surface area is 126 Å². The molecule has 0 aliphatic heterocycles. The molecule has 0 saturated heterocycles. The van der Waals surface area contributed by atoms with Crippen LogP contribution < -0.4 is 4.90 Å². The fourth-order valence-electron chi connectivity index (χ4n) is 2.65. The van der Waals surface area contributed by atoms with Crippen molar-refractivity contribution in [1.82, 2.24) is 19.7 Å². The summed E-state index contributed by atoms with van der Waals surface area (Å²) in [5, 5.41) is 4.50. The first kappa shape index (κ1) is 14.0. The van der Waals surface area contributed by atoms with Gasteiger partial charge in [0.15, 0.2) is 0 Å². The molecule has 21 heavy (non-hydrogen) atoms. The van der Waals surface area contributed by atoms with Crippen molar-refractivity contribution in [2.24, 2.45) is 0 Å². The van der Waals surface area contributed by atoms with Gasteiger partial charge >= 0.3 is 0 Å². The number of hydrogen-bond acceptors (Lipinski definition) is 4. The second kappa shape index (κ2) is 5.84. The highest BCUT2D eigenvalue weighted by atomic mass is 15.3. The van der Waals surface area contributed by atoms with Gasteiger partial charge in [0.05, 0.1) is 5.69 Å². The van der Waals surface area contributed by atoms with E-state index in [4.69, 9.17) is 0 Å². The van der Waals surface area contributed by atoms with E-state index in [9.17, 15) is 0 Å². The lowest BCUT2D eigenvalue weighted by atomic mass is 10.2. The molecular formula is C16H23N5. The zero-order chi connectivity index (χ0) is 14.8. The van der Waals surface area contributed by atoms with Crippen LogP contribution in [0.1, 0.15) is 42.3 Å². The predicted molar refractivity (Wildman–Crippen MR) is 83.6 cm³/mol. The Morgan fingerprint density at radius 1 is 1.24 bits per heavy atom. The number of aryl methyl sites for hydroxylation is 3. The van der Waals surface area contributed by atoms with Gasteiger partial charge in [-0.1, -0.05) is 0 Å². The van der Waals surface area contributed by atoms with Gasteiger partial charge in [0, 0.05) is 43.5 Å². The van der Waals surface area contributed by atoms with E-state index in [1.165, 1.54) is 24.2 Å². The molecule has 0 atom stereocenters. The highest BCUT2D eigenvalue weighted by Crippen LogP contribution is 2.39. The summed E-state index contributed by atoms with van der Waals surface area (Å²) in [6.07, 6.45) is 5.30. The molecule has 0 spiro atoms. The van der Waals surface area contributed by atoms with Crippen molar-refractivity contribution in [2.75, 3.05) is 18.5 Å². The zero-order valence-corrected chi connectivity index (χ0v) is 13.1. The molecule has 0 radical (unpaired) electrons. The molecule has 2 aromatic heterocycles. The van der Waals surface area contributed by atoms with Crippen LogP contribution in [-0.2, 0) is 6.54 Å². The van der Waals surface area contributed by atoms with Crippen LogP contribution in [0.15, 0.2) is 18.5 Å². The Morgan fingerprint density at radius 2 is 2.05 bits per heavy atom. The van der Waals surface area contributed by atoms with Crippen molar-refractivity contribution in [3.8, 4) is 0 Å². The first-order valence-electron chi connectivity index (χ1n) is 7.67. The van der Waals surface area contributed by atoms with Gasteiger partial charge in [-0.3, -0.25) is 4.68 Å². The summed E-state index contributed by atoms with van der Waals surface area (Å²) in [4.78, 5) is 11.0. The molecule has 3 rings (SSSR count). The van der Waals surface area contributed by atoms with Crippen LogP contribution >= 0.6 is 0 Å². The van der Waals surface area contributed by atoms with Crippen LogP contribution in [-0.4, -0.2) is 33.3 Å². The topological polar surface area (TPSA) is 46.8 Å². The van der Waals surface area contributed by atoms with Gasteiger partial charge < -0.3 is 4.90 Å². The smallest absolute Gasteiger partial charge is 0.131 e. The van der Waals surface area contributed by atoms with Crippen molar-refractivity contribution >= 4 is 5.82 Å². The number of aromatic nitrogens is 4. The number of anilines is 1. The summed E-state index contributed by atoms with van der Waals surface area (Å²) in [5.41, 5.74) is 3.52. The molecule has 0 aromatic carbocycles. The van der Waals surface area contributed by atoms with E-state index < -0.39 is 0 Å². The van der Waals surface area contributed by atoms with Gasteiger partial charge in [-0.2, -0.15) is 5.10 Å². The Balaban J connectivity index is 1.55. The molecule has 1 saturated carbocycles. The fourth-order valence-corrected chi connectivity index (χ4v) is 2.65. The highest BCUT2D eigenvalue weighted by Gasteiger charge is 2.25. The van der Waals surface area contributed by atoms with Crippen LogP contribution in [0.4, 0.5) is 5.82 Å². The van der Waals surface area contributed by atoms with Crippen LogP contribution in [0, 0.1) is 13.8 Å². The van der Waals surface area contributed by atoms with E-state index in [1.807, 2.05) is 6.92 Å². The van der Waals surface area contributed by atoms with E-state index >= 15 is 0 Å². The quantitative estimate of drug-likeness (QED) is 0.818. The minimum absolute atomic E-state index is 0.676. The molecule has 1 aliphatic carbocycles. The largest absolute Gasteiger partial charge is 0.360 e. The van der Waals surface area contributed by atoms with Crippen molar-refractivity contribution in [3.05, 3.63) is 35.5 Å². The van der Waals surface area contributed by atoms with Gasteiger partial charge in [0.25, 0.3) is 0 Å². The molecule has 0 bridgehead atoms. The van der Waals surface area contributed by atoms with Gasteiger partial charge in [0.1, 0.15) is 12.1 Å². The zero-order valence-electron chi connectivity index (χ0n) is 13.1. The van der Waals surface area contributed by atoms with Gasteiger partial charge in [0.2, 0.25) is 0 Å².